The second-order valence-electron chi connectivity index (χ2n) is 7.72. The van der Waals surface area contributed by atoms with E-state index in [4.69, 9.17) is 4.74 Å². The van der Waals surface area contributed by atoms with Crippen LogP contribution in [0.25, 0.3) is 11.4 Å². The van der Waals surface area contributed by atoms with Gasteiger partial charge in [-0.25, -0.2) is 9.97 Å². The summed E-state index contributed by atoms with van der Waals surface area (Å²) >= 11 is 0. The van der Waals surface area contributed by atoms with Crippen LogP contribution in [0.15, 0.2) is 36.7 Å². The van der Waals surface area contributed by atoms with Crippen LogP contribution in [-0.4, -0.2) is 16.6 Å². The van der Waals surface area contributed by atoms with Gasteiger partial charge >= 0.3 is 0 Å². The van der Waals surface area contributed by atoms with Crippen LogP contribution in [0.2, 0.25) is 0 Å². The van der Waals surface area contributed by atoms with Gasteiger partial charge in [0.25, 0.3) is 0 Å². The molecule has 0 spiro atoms. The Hall–Kier alpha value is -1.90. The van der Waals surface area contributed by atoms with Crippen molar-refractivity contribution in [3.8, 4) is 17.1 Å². The van der Waals surface area contributed by atoms with Crippen molar-refractivity contribution in [1.29, 1.82) is 0 Å². The van der Waals surface area contributed by atoms with Gasteiger partial charge in [0, 0.05) is 5.56 Å². The maximum absolute atomic E-state index is 5.78. The molecule has 0 saturated heterocycles. The van der Waals surface area contributed by atoms with Crippen molar-refractivity contribution in [3.05, 3.63) is 42.2 Å². The molecule has 28 heavy (non-hydrogen) atoms. The summed E-state index contributed by atoms with van der Waals surface area (Å²) in [6, 6.07) is 8.66. The van der Waals surface area contributed by atoms with Gasteiger partial charge in [-0.15, -0.1) is 0 Å². The van der Waals surface area contributed by atoms with Crippen LogP contribution in [0.3, 0.4) is 0 Å². The van der Waals surface area contributed by atoms with Gasteiger partial charge in [-0.3, -0.25) is 0 Å². The number of hydrogen-bond acceptors (Lipinski definition) is 3. The largest absolute Gasteiger partial charge is 0.490 e. The van der Waals surface area contributed by atoms with Crippen molar-refractivity contribution in [2.24, 2.45) is 0 Å². The van der Waals surface area contributed by atoms with Crippen LogP contribution >= 0.6 is 0 Å². The third-order valence-electron chi connectivity index (χ3n) is 5.18. The number of unbranched alkanes of at least 4 members (excludes halogenated alkanes) is 9. The minimum absolute atomic E-state index is 0.753. The van der Waals surface area contributed by atoms with Gasteiger partial charge in [-0.05, 0) is 24.8 Å². The molecular formula is C25H38N2O. The van der Waals surface area contributed by atoms with Gasteiger partial charge in [-0.1, -0.05) is 95.9 Å². The maximum atomic E-state index is 5.78. The molecule has 2 aromatic rings. The molecule has 0 amide bonds. The molecule has 1 aromatic heterocycles. The fraction of sp³-hybridized carbons (Fsp3) is 0.600. The summed E-state index contributed by atoms with van der Waals surface area (Å²) in [5.41, 5.74) is 2.46. The number of aromatic nitrogens is 2. The molecular weight excluding hydrogens is 344 g/mol. The molecule has 1 heterocycles. The van der Waals surface area contributed by atoms with Gasteiger partial charge in [0.2, 0.25) is 0 Å². The predicted molar refractivity (Wildman–Crippen MR) is 119 cm³/mol. The van der Waals surface area contributed by atoms with E-state index in [1.165, 1.54) is 69.8 Å². The molecule has 1 aromatic carbocycles. The molecule has 0 atom stereocenters. The van der Waals surface area contributed by atoms with E-state index in [0.717, 1.165) is 36.6 Å². The summed E-state index contributed by atoms with van der Waals surface area (Å²) < 4.78 is 5.78. The fourth-order valence-electron chi connectivity index (χ4n) is 3.37. The van der Waals surface area contributed by atoms with E-state index < -0.39 is 0 Å². The van der Waals surface area contributed by atoms with Crippen molar-refractivity contribution in [1.82, 2.24) is 9.97 Å². The number of ether oxygens (including phenoxy) is 1. The van der Waals surface area contributed by atoms with E-state index in [-0.39, 0.29) is 0 Å². The molecule has 0 bridgehead atoms. The molecule has 0 radical (unpaired) electrons. The maximum Gasteiger partial charge on any atom is 0.159 e. The topological polar surface area (TPSA) is 35.0 Å². The van der Waals surface area contributed by atoms with Crippen molar-refractivity contribution >= 4 is 0 Å². The molecule has 0 unspecified atom stereocenters. The van der Waals surface area contributed by atoms with Crippen molar-refractivity contribution in [3.63, 3.8) is 0 Å². The minimum Gasteiger partial charge on any atom is -0.490 e. The normalized spacial score (nSPS) is 10.9. The Balaban J connectivity index is 1.68. The lowest BCUT2D eigenvalue weighted by atomic mass is 10.0. The standard InChI is InChI=1S/C25H38N2O/c1-3-5-7-9-10-11-13-19-28-24-20-26-25(27-21-24)23-17-15-22(16-18-23)14-12-8-6-4-2/h15-18,20-21H,3-14,19H2,1-2H3. The monoisotopic (exact) mass is 382 g/mol. The van der Waals surface area contributed by atoms with Crippen LogP contribution in [-0.2, 0) is 6.42 Å². The summed E-state index contributed by atoms with van der Waals surface area (Å²) in [4.78, 5) is 8.96. The SMILES string of the molecule is CCCCCCCCCOc1cnc(-c2ccc(CCCCCC)cc2)nc1. The zero-order valence-electron chi connectivity index (χ0n) is 18.0. The van der Waals surface area contributed by atoms with Crippen LogP contribution in [0.5, 0.6) is 5.75 Å². The van der Waals surface area contributed by atoms with Gasteiger partial charge in [0.1, 0.15) is 0 Å². The van der Waals surface area contributed by atoms with E-state index in [9.17, 15) is 0 Å². The zero-order chi connectivity index (χ0) is 19.9. The van der Waals surface area contributed by atoms with E-state index in [1.807, 2.05) is 0 Å². The van der Waals surface area contributed by atoms with Crippen LogP contribution in [0, 0.1) is 0 Å². The second kappa shape index (κ2) is 14.1. The third-order valence-corrected chi connectivity index (χ3v) is 5.18. The van der Waals surface area contributed by atoms with E-state index in [1.54, 1.807) is 12.4 Å². The van der Waals surface area contributed by atoms with E-state index in [2.05, 4.69) is 48.1 Å². The Morgan fingerprint density at radius 2 is 1.25 bits per heavy atom. The molecule has 2 rings (SSSR count). The van der Waals surface area contributed by atoms with Gasteiger partial charge in [0.15, 0.2) is 11.6 Å². The Kier molecular flexibility index (Phi) is 11.3. The molecule has 0 aliphatic heterocycles. The first-order chi connectivity index (χ1) is 13.8. The highest BCUT2D eigenvalue weighted by Crippen LogP contribution is 2.19. The smallest absolute Gasteiger partial charge is 0.159 e. The average molecular weight is 383 g/mol. The van der Waals surface area contributed by atoms with Gasteiger partial charge in [-0.2, -0.15) is 0 Å². The molecule has 3 heteroatoms. The predicted octanol–water partition coefficient (Wildman–Crippen LogP) is 7.40. The molecule has 0 aliphatic carbocycles. The average Bonchev–Trinajstić information content (AvgIpc) is 2.74. The number of nitrogens with zero attached hydrogens (tertiary/aromatic N) is 2. The lowest BCUT2D eigenvalue weighted by molar-refractivity contribution is 0.302. The summed E-state index contributed by atoms with van der Waals surface area (Å²) in [6.45, 7) is 5.26. The highest BCUT2D eigenvalue weighted by molar-refractivity contribution is 5.55. The minimum atomic E-state index is 0.753. The molecule has 0 aliphatic rings. The number of hydrogen-bond donors (Lipinski definition) is 0. The lowest BCUT2D eigenvalue weighted by Crippen LogP contribution is -1.99. The summed E-state index contributed by atoms with van der Waals surface area (Å²) in [6.07, 6.45) is 19.0. The quantitative estimate of drug-likeness (QED) is 0.301. The van der Waals surface area contributed by atoms with E-state index >= 15 is 0 Å². The summed E-state index contributed by atoms with van der Waals surface area (Å²) in [5, 5.41) is 0. The number of aryl methyl sites for hydroxylation is 1. The molecule has 3 nitrogen and oxygen atoms in total. The molecule has 0 saturated carbocycles. The zero-order valence-corrected chi connectivity index (χ0v) is 18.0. The molecule has 154 valence electrons. The fourth-order valence-corrected chi connectivity index (χ4v) is 3.37. The highest BCUT2D eigenvalue weighted by Gasteiger charge is 2.03. The summed E-state index contributed by atoms with van der Waals surface area (Å²) in [7, 11) is 0. The Bertz CT molecular complexity index is 622. The highest BCUT2D eigenvalue weighted by atomic mass is 16.5. The van der Waals surface area contributed by atoms with Crippen LogP contribution in [0.4, 0.5) is 0 Å². The second-order valence-corrected chi connectivity index (χ2v) is 7.72. The molecule has 0 N–H and O–H groups in total. The van der Waals surface area contributed by atoms with Gasteiger partial charge < -0.3 is 4.74 Å². The third kappa shape index (κ3) is 8.86. The first-order valence-electron chi connectivity index (χ1n) is 11.4. The lowest BCUT2D eigenvalue weighted by Gasteiger charge is -2.07. The number of rotatable bonds is 15. The first kappa shape index (κ1) is 22.4. The Labute approximate surface area is 172 Å². The summed E-state index contributed by atoms with van der Waals surface area (Å²) in [5.74, 6) is 1.53. The Morgan fingerprint density at radius 3 is 1.89 bits per heavy atom. The van der Waals surface area contributed by atoms with Crippen LogP contribution < -0.4 is 4.74 Å². The van der Waals surface area contributed by atoms with E-state index in [0.29, 0.717) is 0 Å². The number of benzene rings is 1. The van der Waals surface area contributed by atoms with Gasteiger partial charge in [0.05, 0.1) is 19.0 Å². The van der Waals surface area contributed by atoms with Crippen molar-refractivity contribution in [2.75, 3.05) is 6.61 Å². The Morgan fingerprint density at radius 1 is 0.679 bits per heavy atom. The van der Waals surface area contributed by atoms with Crippen molar-refractivity contribution in [2.45, 2.75) is 90.9 Å². The first-order valence-corrected chi connectivity index (χ1v) is 11.4. The van der Waals surface area contributed by atoms with Crippen LogP contribution in [0.1, 0.15) is 90.0 Å². The van der Waals surface area contributed by atoms with Crippen molar-refractivity contribution < 1.29 is 4.74 Å². The molecule has 0 fully saturated rings.